The number of anilines is 1. The van der Waals surface area contributed by atoms with Crippen molar-refractivity contribution in [1.29, 1.82) is 0 Å². The molecule has 0 saturated heterocycles. The first-order valence-electron chi connectivity index (χ1n) is 14.1. The number of carbonyl (C=O) groups excluding carboxylic acids is 2. The summed E-state index contributed by atoms with van der Waals surface area (Å²) in [4.78, 5) is 28.9. The highest BCUT2D eigenvalue weighted by Gasteiger charge is 2.33. The standard InChI is InChI=1S/C32H38ClN3O5S/c1-22-9-17-29(18-10-22)42(39,40)36(27-14-11-23(2)30(33)19-27)21-31(37)35(20-25-12-15-28(41-4)16-13-25)24(3)32(38)34-26-7-5-6-8-26/h9-19,24,26H,5-8,20-21H2,1-4H3,(H,34,38)/t24-/m1/s1. The Morgan fingerprint density at radius 3 is 2.24 bits per heavy atom. The third-order valence-electron chi connectivity index (χ3n) is 7.71. The minimum Gasteiger partial charge on any atom is -0.497 e. The molecule has 0 heterocycles. The molecule has 1 atom stereocenters. The lowest BCUT2D eigenvalue weighted by Crippen LogP contribution is -2.52. The average Bonchev–Trinajstić information content (AvgIpc) is 3.49. The number of amides is 2. The highest BCUT2D eigenvalue weighted by molar-refractivity contribution is 7.92. The number of aryl methyl sites for hydroxylation is 2. The highest BCUT2D eigenvalue weighted by Crippen LogP contribution is 2.29. The summed E-state index contributed by atoms with van der Waals surface area (Å²) in [5, 5.41) is 3.45. The quantitative estimate of drug-likeness (QED) is 0.303. The van der Waals surface area contributed by atoms with Crippen LogP contribution >= 0.6 is 11.6 Å². The van der Waals surface area contributed by atoms with Gasteiger partial charge in [0.15, 0.2) is 0 Å². The Labute approximate surface area is 253 Å². The van der Waals surface area contributed by atoms with E-state index in [2.05, 4.69) is 5.32 Å². The summed E-state index contributed by atoms with van der Waals surface area (Å²) in [5.41, 5.74) is 2.71. The molecular formula is C32H38ClN3O5S. The number of carbonyl (C=O) groups is 2. The molecule has 0 radical (unpaired) electrons. The van der Waals surface area contributed by atoms with Gasteiger partial charge in [0.1, 0.15) is 18.3 Å². The molecule has 1 aliphatic rings. The summed E-state index contributed by atoms with van der Waals surface area (Å²) >= 11 is 6.40. The molecule has 0 spiro atoms. The SMILES string of the molecule is COc1ccc(CN(C(=O)CN(c2ccc(C)c(Cl)c2)S(=O)(=O)c2ccc(C)cc2)[C@H](C)C(=O)NC2CCCC2)cc1. The number of ether oxygens (including phenoxy) is 1. The van der Waals surface area contributed by atoms with Crippen molar-refractivity contribution in [3.8, 4) is 5.75 Å². The van der Waals surface area contributed by atoms with E-state index in [1.807, 2.05) is 26.0 Å². The molecule has 3 aromatic carbocycles. The van der Waals surface area contributed by atoms with E-state index in [0.717, 1.165) is 46.7 Å². The van der Waals surface area contributed by atoms with Crippen LogP contribution in [0.15, 0.2) is 71.6 Å². The lowest BCUT2D eigenvalue weighted by Gasteiger charge is -2.32. The Hall–Kier alpha value is -3.56. The van der Waals surface area contributed by atoms with E-state index < -0.39 is 28.5 Å². The number of nitrogens with one attached hydrogen (secondary N) is 1. The summed E-state index contributed by atoms with van der Waals surface area (Å²) in [6.45, 7) is 4.94. The third kappa shape index (κ3) is 7.44. The zero-order chi connectivity index (χ0) is 30.4. The molecule has 0 aliphatic heterocycles. The Bertz CT molecular complexity index is 1500. The average molecular weight is 612 g/mol. The van der Waals surface area contributed by atoms with Crippen molar-refractivity contribution < 1.29 is 22.7 Å². The summed E-state index contributed by atoms with van der Waals surface area (Å²) in [6, 6.07) is 17.8. The fraction of sp³-hybridized carbons (Fsp3) is 0.375. The van der Waals surface area contributed by atoms with Gasteiger partial charge in [-0.1, -0.05) is 60.3 Å². The van der Waals surface area contributed by atoms with E-state index in [9.17, 15) is 18.0 Å². The number of rotatable bonds is 11. The monoisotopic (exact) mass is 611 g/mol. The van der Waals surface area contributed by atoms with Gasteiger partial charge in [-0.05, 0) is 81.1 Å². The summed E-state index contributed by atoms with van der Waals surface area (Å²) in [7, 11) is -2.60. The first-order chi connectivity index (χ1) is 20.0. The first-order valence-corrected chi connectivity index (χ1v) is 15.9. The third-order valence-corrected chi connectivity index (χ3v) is 9.91. The fourth-order valence-electron chi connectivity index (χ4n) is 5.01. The number of hydrogen-bond acceptors (Lipinski definition) is 5. The van der Waals surface area contributed by atoms with E-state index >= 15 is 0 Å². The molecule has 4 rings (SSSR count). The van der Waals surface area contributed by atoms with Crippen LogP contribution in [0.4, 0.5) is 5.69 Å². The van der Waals surface area contributed by atoms with Crippen LogP contribution in [-0.4, -0.2) is 50.9 Å². The lowest BCUT2D eigenvalue weighted by molar-refractivity contribution is -0.139. The summed E-state index contributed by atoms with van der Waals surface area (Å²) in [6.07, 6.45) is 3.92. The zero-order valence-corrected chi connectivity index (χ0v) is 26.0. The van der Waals surface area contributed by atoms with E-state index in [4.69, 9.17) is 16.3 Å². The minimum absolute atomic E-state index is 0.0475. The van der Waals surface area contributed by atoms with E-state index in [0.29, 0.717) is 10.8 Å². The molecule has 8 nitrogen and oxygen atoms in total. The molecule has 1 aliphatic carbocycles. The van der Waals surface area contributed by atoms with Crippen molar-refractivity contribution in [2.24, 2.45) is 0 Å². The van der Waals surface area contributed by atoms with Gasteiger partial charge in [0, 0.05) is 17.6 Å². The zero-order valence-electron chi connectivity index (χ0n) is 24.5. The minimum atomic E-state index is -4.17. The van der Waals surface area contributed by atoms with Gasteiger partial charge in [0.25, 0.3) is 10.0 Å². The predicted octanol–water partition coefficient (Wildman–Crippen LogP) is 5.64. The second kappa shape index (κ2) is 13.6. The molecule has 2 amide bonds. The molecule has 10 heteroatoms. The van der Waals surface area contributed by atoms with Gasteiger partial charge in [0.2, 0.25) is 11.8 Å². The van der Waals surface area contributed by atoms with Crippen LogP contribution in [0.5, 0.6) is 5.75 Å². The molecule has 0 unspecified atom stereocenters. The second-order valence-electron chi connectivity index (χ2n) is 10.8. The molecule has 224 valence electrons. The number of sulfonamides is 1. The molecular weight excluding hydrogens is 574 g/mol. The van der Waals surface area contributed by atoms with Crippen molar-refractivity contribution in [2.45, 2.75) is 70.0 Å². The Balaban J connectivity index is 1.70. The van der Waals surface area contributed by atoms with Crippen molar-refractivity contribution in [3.05, 3.63) is 88.4 Å². The molecule has 3 aromatic rings. The van der Waals surface area contributed by atoms with Crippen LogP contribution in [0.2, 0.25) is 5.02 Å². The van der Waals surface area contributed by atoms with Gasteiger partial charge < -0.3 is 15.0 Å². The van der Waals surface area contributed by atoms with Crippen LogP contribution in [0.1, 0.15) is 49.3 Å². The maximum absolute atomic E-state index is 14.1. The molecule has 1 saturated carbocycles. The van der Waals surface area contributed by atoms with Crippen LogP contribution in [0, 0.1) is 13.8 Å². The van der Waals surface area contributed by atoms with Crippen molar-refractivity contribution in [1.82, 2.24) is 10.2 Å². The Morgan fingerprint density at radius 2 is 1.64 bits per heavy atom. The normalized spacial score (nSPS) is 14.3. The smallest absolute Gasteiger partial charge is 0.264 e. The molecule has 1 N–H and O–H groups in total. The van der Waals surface area contributed by atoms with Crippen LogP contribution in [0.3, 0.4) is 0 Å². The van der Waals surface area contributed by atoms with E-state index in [1.54, 1.807) is 56.5 Å². The first kappa shape index (κ1) is 31.4. The van der Waals surface area contributed by atoms with E-state index in [1.165, 1.54) is 17.0 Å². The lowest BCUT2D eigenvalue weighted by atomic mass is 10.1. The molecule has 1 fully saturated rings. The molecule has 42 heavy (non-hydrogen) atoms. The van der Waals surface area contributed by atoms with Gasteiger partial charge in [-0.25, -0.2) is 8.42 Å². The van der Waals surface area contributed by atoms with Gasteiger partial charge in [-0.3, -0.25) is 13.9 Å². The van der Waals surface area contributed by atoms with Crippen LogP contribution in [-0.2, 0) is 26.2 Å². The number of halogens is 1. The Morgan fingerprint density at radius 1 is 1.00 bits per heavy atom. The van der Waals surface area contributed by atoms with E-state index in [-0.39, 0.29) is 29.1 Å². The number of hydrogen-bond donors (Lipinski definition) is 1. The maximum Gasteiger partial charge on any atom is 0.264 e. The topological polar surface area (TPSA) is 96.0 Å². The summed E-state index contributed by atoms with van der Waals surface area (Å²) in [5.74, 6) is -0.127. The molecule has 0 aromatic heterocycles. The largest absolute Gasteiger partial charge is 0.497 e. The van der Waals surface area contributed by atoms with Gasteiger partial charge in [0.05, 0.1) is 17.7 Å². The number of nitrogens with zero attached hydrogens (tertiary/aromatic N) is 2. The fourth-order valence-corrected chi connectivity index (χ4v) is 6.59. The predicted molar refractivity (Wildman–Crippen MR) is 165 cm³/mol. The number of benzene rings is 3. The van der Waals surface area contributed by atoms with Gasteiger partial charge in [-0.2, -0.15) is 0 Å². The highest BCUT2D eigenvalue weighted by atomic mass is 35.5. The maximum atomic E-state index is 14.1. The van der Waals surface area contributed by atoms with Crippen LogP contribution < -0.4 is 14.4 Å². The second-order valence-corrected chi connectivity index (χ2v) is 13.1. The van der Waals surface area contributed by atoms with Crippen molar-refractivity contribution in [2.75, 3.05) is 18.0 Å². The summed E-state index contributed by atoms with van der Waals surface area (Å²) < 4.78 is 34.3. The number of methoxy groups -OCH3 is 1. The molecule has 0 bridgehead atoms. The van der Waals surface area contributed by atoms with Crippen LogP contribution in [0.25, 0.3) is 0 Å². The van der Waals surface area contributed by atoms with Crippen molar-refractivity contribution >= 4 is 39.1 Å². The Kier molecular flexibility index (Phi) is 10.2. The van der Waals surface area contributed by atoms with Gasteiger partial charge >= 0.3 is 0 Å². The van der Waals surface area contributed by atoms with Crippen molar-refractivity contribution in [3.63, 3.8) is 0 Å². The van der Waals surface area contributed by atoms with Gasteiger partial charge in [-0.15, -0.1) is 0 Å².